The molecule has 1 unspecified atom stereocenters. The van der Waals surface area contributed by atoms with Crippen LogP contribution in [0.2, 0.25) is 0 Å². The molecule has 1 N–H and O–H groups in total. The van der Waals surface area contributed by atoms with Crippen molar-refractivity contribution in [1.82, 2.24) is 4.98 Å². The number of nitrogens with zero attached hydrogens (tertiary/aromatic N) is 1. The van der Waals surface area contributed by atoms with Crippen LogP contribution < -0.4 is 14.8 Å². The van der Waals surface area contributed by atoms with Crippen molar-refractivity contribution in [3.63, 3.8) is 0 Å². The molecule has 0 aliphatic heterocycles. The van der Waals surface area contributed by atoms with Crippen molar-refractivity contribution >= 4 is 11.6 Å². The summed E-state index contributed by atoms with van der Waals surface area (Å²) in [7, 11) is 1.57. The first-order valence-corrected chi connectivity index (χ1v) is 9.84. The van der Waals surface area contributed by atoms with Gasteiger partial charge in [0, 0.05) is 6.07 Å². The average molecular weight is 388 g/mol. The van der Waals surface area contributed by atoms with E-state index in [1.165, 1.54) is 0 Å². The molecule has 1 atom stereocenters. The third-order valence-electron chi connectivity index (χ3n) is 5.23. The van der Waals surface area contributed by atoms with Crippen LogP contribution in [0.5, 0.6) is 11.6 Å². The zero-order chi connectivity index (χ0) is 20.1. The number of ether oxygens (including phenoxy) is 2. The summed E-state index contributed by atoms with van der Waals surface area (Å²) in [6.45, 7) is 0.520. The molecule has 1 aliphatic carbocycles. The molecule has 2 aromatic carbocycles. The SMILES string of the molecule is COc1ccc(NC(=O)C2CCCc3c(OCc4ccccc4)cccc32)cn1. The lowest BCUT2D eigenvalue weighted by Gasteiger charge is -2.26. The van der Waals surface area contributed by atoms with E-state index >= 15 is 0 Å². The number of rotatable bonds is 6. The van der Waals surface area contributed by atoms with Crippen molar-refractivity contribution in [3.8, 4) is 11.6 Å². The number of carbonyl (C=O) groups excluding carboxylic acids is 1. The Hall–Kier alpha value is -3.34. The lowest BCUT2D eigenvalue weighted by molar-refractivity contribution is -0.117. The summed E-state index contributed by atoms with van der Waals surface area (Å²) < 4.78 is 11.2. The second-order valence-electron chi connectivity index (χ2n) is 7.12. The van der Waals surface area contributed by atoms with Crippen LogP contribution >= 0.6 is 0 Å². The van der Waals surface area contributed by atoms with E-state index in [4.69, 9.17) is 9.47 Å². The highest BCUT2D eigenvalue weighted by molar-refractivity contribution is 5.96. The highest BCUT2D eigenvalue weighted by atomic mass is 16.5. The largest absolute Gasteiger partial charge is 0.489 e. The molecule has 29 heavy (non-hydrogen) atoms. The maximum absolute atomic E-state index is 13.0. The van der Waals surface area contributed by atoms with Gasteiger partial charge in [0.25, 0.3) is 0 Å². The number of aromatic nitrogens is 1. The van der Waals surface area contributed by atoms with Crippen molar-refractivity contribution < 1.29 is 14.3 Å². The van der Waals surface area contributed by atoms with E-state index in [1.54, 1.807) is 25.4 Å². The Morgan fingerprint density at radius 1 is 1.10 bits per heavy atom. The minimum atomic E-state index is -0.193. The van der Waals surface area contributed by atoms with Crippen LogP contribution in [0.15, 0.2) is 66.9 Å². The molecule has 1 amide bonds. The molecule has 0 saturated carbocycles. The number of carbonyl (C=O) groups is 1. The number of hydrogen-bond donors (Lipinski definition) is 1. The quantitative estimate of drug-likeness (QED) is 0.663. The predicted octanol–water partition coefficient (Wildman–Crippen LogP) is 4.73. The van der Waals surface area contributed by atoms with E-state index in [9.17, 15) is 4.79 Å². The second-order valence-corrected chi connectivity index (χ2v) is 7.12. The van der Waals surface area contributed by atoms with Crippen molar-refractivity contribution in [2.24, 2.45) is 0 Å². The van der Waals surface area contributed by atoms with Gasteiger partial charge in [0.05, 0.1) is 24.9 Å². The van der Waals surface area contributed by atoms with Crippen molar-refractivity contribution in [1.29, 1.82) is 0 Å². The standard InChI is InChI=1S/C24H24N2O3/c1-28-23-14-13-18(15-25-23)26-24(27)21-11-5-10-20-19(21)9-6-12-22(20)29-16-17-7-3-2-4-8-17/h2-4,6-9,12-15,21H,5,10-11,16H2,1H3,(H,26,27). The molecule has 1 aliphatic rings. The number of amides is 1. The van der Waals surface area contributed by atoms with Gasteiger partial charge >= 0.3 is 0 Å². The second kappa shape index (κ2) is 8.78. The van der Waals surface area contributed by atoms with Gasteiger partial charge in [-0.3, -0.25) is 4.79 Å². The molecule has 1 aromatic heterocycles. The summed E-state index contributed by atoms with van der Waals surface area (Å²) in [5.41, 5.74) is 3.99. The van der Waals surface area contributed by atoms with Crippen molar-refractivity contribution in [2.45, 2.75) is 31.8 Å². The summed E-state index contributed by atoms with van der Waals surface area (Å²) in [5.74, 6) is 1.18. The van der Waals surface area contributed by atoms with Crippen LogP contribution in [0.4, 0.5) is 5.69 Å². The number of fused-ring (bicyclic) bond motifs is 1. The normalized spacial score (nSPS) is 15.3. The number of anilines is 1. The number of pyridine rings is 1. The fraction of sp³-hybridized carbons (Fsp3) is 0.250. The molecule has 5 nitrogen and oxygen atoms in total. The van der Waals surface area contributed by atoms with E-state index in [-0.39, 0.29) is 11.8 Å². The van der Waals surface area contributed by atoms with Gasteiger partial charge in [0.1, 0.15) is 12.4 Å². The number of hydrogen-bond acceptors (Lipinski definition) is 4. The van der Waals surface area contributed by atoms with Gasteiger partial charge in [-0.25, -0.2) is 4.98 Å². The van der Waals surface area contributed by atoms with Gasteiger partial charge in [-0.05, 0) is 48.1 Å². The number of methoxy groups -OCH3 is 1. The minimum absolute atomic E-state index is 0.0156. The first kappa shape index (κ1) is 19.0. The van der Waals surface area contributed by atoms with E-state index in [0.717, 1.165) is 41.7 Å². The number of nitrogens with one attached hydrogen (secondary N) is 1. The first-order chi connectivity index (χ1) is 14.2. The summed E-state index contributed by atoms with van der Waals surface area (Å²) in [6, 6.07) is 19.7. The van der Waals surface area contributed by atoms with Gasteiger partial charge in [-0.2, -0.15) is 0 Å². The molecule has 148 valence electrons. The minimum Gasteiger partial charge on any atom is -0.489 e. The molecule has 0 spiro atoms. The molecule has 1 heterocycles. The van der Waals surface area contributed by atoms with Gasteiger partial charge in [0.2, 0.25) is 11.8 Å². The lowest BCUT2D eigenvalue weighted by Crippen LogP contribution is -2.25. The van der Waals surface area contributed by atoms with Crippen LogP contribution in [-0.2, 0) is 17.8 Å². The lowest BCUT2D eigenvalue weighted by atomic mass is 9.82. The van der Waals surface area contributed by atoms with Gasteiger partial charge in [0.15, 0.2) is 0 Å². The van der Waals surface area contributed by atoms with E-state index in [0.29, 0.717) is 18.2 Å². The summed E-state index contributed by atoms with van der Waals surface area (Å²) in [6.07, 6.45) is 4.32. The topological polar surface area (TPSA) is 60.5 Å². The van der Waals surface area contributed by atoms with Gasteiger partial charge < -0.3 is 14.8 Å². The van der Waals surface area contributed by atoms with E-state index in [1.807, 2.05) is 36.4 Å². The molecule has 0 radical (unpaired) electrons. The smallest absolute Gasteiger partial charge is 0.231 e. The van der Waals surface area contributed by atoms with E-state index < -0.39 is 0 Å². The molecule has 0 saturated heterocycles. The van der Waals surface area contributed by atoms with Crippen LogP contribution in [0.3, 0.4) is 0 Å². The monoisotopic (exact) mass is 388 g/mol. The van der Waals surface area contributed by atoms with Crippen LogP contribution in [0, 0.1) is 0 Å². The van der Waals surface area contributed by atoms with Crippen LogP contribution in [-0.4, -0.2) is 18.0 Å². The zero-order valence-electron chi connectivity index (χ0n) is 16.4. The summed E-state index contributed by atoms with van der Waals surface area (Å²) in [4.78, 5) is 17.1. The van der Waals surface area contributed by atoms with Gasteiger partial charge in [-0.15, -0.1) is 0 Å². The predicted molar refractivity (Wildman–Crippen MR) is 112 cm³/mol. The average Bonchev–Trinajstić information content (AvgIpc) is 2.78. The third-order valence-corrected chi connectivity index (χ3v) is 5.23. The third kappa shape index (κ3) is 4.40. The Kier molecular flexibility index (Phi) is 5.75. The van der Waals surface area contributed by atoms with E-state index in [2.05, 4.69) is 22.4 Å². The fourth-order valence-corrected chi connectivity index (χ4v) is 3.76. The Labute approximate surface area is 170 Å². The Balaban J connectivity index is 1.50. The maximum atomic E-state index is 13.0. The molecule has 0 fully saturated rings. The van der Waals surface area contributed by atoms with Crippen LogP contribution in [0.1, 0.15) is 35.4 Å². The highest BCUT2D eigenvalue weighted by Crippen LogP contribution is 2.37. The van der Waals surface area contributed by atoms with Crippen molar-refractivity contribution in [2.75, 3.05) is 12.4 Å². The molecule has 4 rings (SSSR count). The summed E-state index contributed by atoms with van der Waals surface area (Å²) in [5, 5.41) is 2.98. The Morgan fingerprint density at radius 3 is 2.72 bits per heavy atom. The van der Waals surface area contributed by atoms with Crippen LogP contribution in [0.25, 0.3) is 0 Å². The Morgan fingerprint density at radius 2 is 1.97 bits per heavy atom. The molecular formula is C24H24N2O3. The molecule has 0 bridgehead atoms. The fourth-order valence-electron chi connectivity index (χ4n) is 3.76. The highest BCUT2D eigenvalue weighted by Gasteiger charge is 2.28. The Bertz CT molecular complexity index is 971. The zero-order valence-corrected chi connectivity index (χ0v) is 16.4. The number of benzene rings is 2. The maximum Gasteiger partial charge on any atom is 0.231 e. The molecule has 5 heteroatoms. The van der Waals surface area contributed by atoms with Gasteiger partial charge in [-0.1, -0.05) is 42.5 Å². The molecule has 3 aromatic rings. The first-order valence-electron chi connectivity index (χ1n) is 9.84. The summed E-state index contributed by atoms with van der Waals surface area (Å²) >= 11 is 0. The molecular weight excluding hydrogens is 364 g/mol. The van der Waals surface area contributed by atoms with Crippen molar-refractivity contribution in [3.05, 3.63) is 83.6 Å².